The molecular weight excluding hydrogens is 338 g/mol. The van der Waals surface area contributed by atoms with Gasteiger partial charge < -0.3 is 4.42 Å². The average Bonchev–Trinajstić information content (AvgIpc) is 3.10. The Kier molecular flexibility index (Phi) is 5.25. The van der Waals surface area contributed by atoms with Crippen molar-refractivity contribution < 1.29 is 12.8 Å². The quantitative estimate of drug-likeness (QED) is 0.702. The molecular formula is C18H19N3O3S. The first-order valence-electron chi connectivity index (χ1n) is 8.05. The molecule has 0 saturated heterocycles. The van der Waals surface area contributed by atoms with Crippen LogP contribution in [-0.4, -0.2) is 18.6 Å². The molecule has 1 aromatic heterocycles. The summed E-state index contributed by atoms with van der Waals surface area (Å²) >= 11 is 0. The van der Waals surface area contributed by atoms with E-state index in [1.807, 2.05) is 24.3 Å². The summed E-state index contributed by atoms with van der Waals surface area (Å²) in [6.45, 7) is 2.26. The lowest BCUT2D eigenvalue weighted by Crippen LogP contribution is -2.23. The van der Waals surface area contributed by atoms with Crippen LogP contribution in [0, 0.1) is 0 Å². The van der Waals surface area contributed by atoms with Crippen molar-refractivity contribution in [2.45, 2.75) is 31.2 Å². The van der Waals surface area contributed by atoms with E-state index in [-0.39, 0.29) is 11.4 Å². The number of aryl methyl sites for hydroxylation is 1. The van der Waals surface area contributed by atoms with E-state index in [1.165, 1.54) is 0 Å². The maximum Gasteiger partial charge on any atom is 0.247 e. The maximum absolute atomic E-state index is 12.2. The number of hydrogen-bond acceptors (Lipinski definition) is 5. The van der Waals surface area contributed by atoms with E-state index in [1.54, 1.807) is 30.3 Å². The van der Waals surface area contributed by atoms with E-state index >= 15 is 0 Å². The molecule has 7 heteroatoms. The van der Waals surface area contributed by atoms with Gasteiger partial charge in [-0.25, -0.2) is 13.1 Å². The molecule has 0 aliphatic rings. The van der Waals surface area contributed by atoms with Gasteiger partial charge in [0.2, 0.25) is 21.8 Å². The molecule has 0 spiro atoms. The topological polar surface area (TPSA) is 85.1 Å². The summed E-state index contributed by atoms with van der Waals surface area (Å²) in [5, 5.41) is 8.03. The summed E-state index contributed by atoms with van der Waals surface area (Å²) in [6.07, 6.45) is 1.70. The SMILES string of the molecule is CCCc1nnc(-c2ccc(CNS(=O)(=O)c3ccccc3)cc2)o1. The zero-order valence-corrected chi connectivity index (χ0v) is 14.7. The standard InChI is InChI=1S/C18H19N3O3S/c1-2-6-17-20-21-18(24-17)15-11-9-14(10-12-15)13-19-25(22,23)16-7-4-3-5-8-16/h3-5,7-12,19H,2,6,13H2,1H3. The van der Waals surface area contributed by atoms with Gasteiger partial charge in [0.05, 0.1) is 4.90 Å². The van der Waals surface area contributed by atoms with Crippen LogP contribution in [0.3, 0.4) is 0 Å². The Balaban J connectivity index is 1.66. The van der Waals surface area contributed by atoms with Gasteiger partial charge >= 0.3 is 0 Å². The van der Waals surface area contributed by atoms with Crippen molar-refractivity contribution in [3.8, 4) is 11.5 Å². The van der Waals surface area contributed by atoms with Crippen LogP contribution < -0.4 is 4.72 Å². The molecule has 3 rings (SSSR count). The second kappa shape index (κ2) is 7.58. The number of hydrogen-bond donors (Lipinski definition) is 1. The minimum absolute atomic E-state index is 0.211. The number of nitrogens with zero attached hydrogens (tertiary/aromatic N) is 2. The van der Waals surface area contributed by atoms with Gasteiger partial charge in [0.15, 0.2) is 0 Å². The highest BCUT2D eigenvalue weighted by molar-refractivity contribution is 7.89. The summed E-state index contributed by atoms with van der Waals surface area (Å²) in [4.78, 5) is 0.251. The smallest absolute Gasteiger partial charge is 0.247 e. The fraction of sp³-hybridized carbons (Fsp3) is 0.222. The van der Waals surface area contributed by atoms with Crippen molar-refractivity contribution >= 4 is 10.0 Å². The minimum atomic E-state index is -3.51. The second-order valence-corrected chi connectivity index (χ2v) is 7.35. The monoisotopic (exact) mass is 357 g/mol. The Hall–Kier alpha value is -2.51. The highest BCUT2D eigenvalue weighted by Gasteiger charge is 2.13. The first kappa shape index (κ1) is 17.3. The average molecular weight is 357 g/mol. The normalized spacial score (nSPS) is 11.6. The predicted molar refractivity (Wildman–Crippen MR) is 94.2 cm³/mol. The van der Waals surface area contributed by atoms with Gasteiger partial charge in [-0.05, 0) is 36.2 Å². The lowest BCUT2D eigenvalue weighted by Gasteiger charge is -2.07. The highest BCUT2D eigenvalue weighted by atomic mass is 32.2. The van der Waals surface area contributed by atoms with Crippen molar-refractivity contribution in [2.75, 3.05) is 0 Å². The third-order valence-electron chi connectivity index (χ3n) is 3.65. The Bertz CT molecular complexity index is 920. The first-order chi connectivity index (χ1) is 12.1. The summed E-state index contributed by atoms with van der Waals surface area (Å²) < 4.78 is 32.6. The van der Waals surface area contributed by atoms with Crippen molar-refractivity contribution in [3.63, 3.8) is 0 Å². The third-order valence-corrected chi connectivity index (χ3v) is 5.07. The lowest BCUT2D eigenvalue weighted by atomic mass is 10.1. The van der Waals surface area contributed by atoms with Crippen LogP contribution in [0.15, 0.2) is 63.9 Å². The van der Waals surface area contributed by atoms with E-state index in [0.29, 0.717) is 11.8 Å². The molecule has 6 nitrogen and oxygen atoms in total. The first-order valence-corrected chi connectivity index (χ1v) is 9.53. The summed E-state index contributed by atoms with van der Waals surface area (Å²) in [7, 11) is -3.51. The summed E-state index contributed by atoms with van der Waals surface area (Å²) in [5.41, 5.74) is 1.65. The van der Waals surface area contributed by atoms with Crippen LogP contribution in [0.2, 0.25) is 0 Å². The molecule has 3 aromatic rings. The molecule has 0 aliphatic heterocycles. The third kappa shape index (κ3) is 4.32. The van der Waals surface area contributed by atoms with Crippen molar-refractivity contribution in [1.29, 1.82) is 0 Å². The number of aromatic nitrogens is 2. The lowest BCUT2D eigenvalue weighted by molar-refractivity contribution is 0.502. The van der Waals surface area contributed by atoms with Crippen LogP contribution >= 0.6 is 0 Å². The largest absolute Gasteiger partial charge is 0.421 e. The van der Waals surface area contributed by atoms with Gasteiger partial charge in [-0.3, -0.25) is 0 Å². The molecule has 25 heavy (non-hydrogen) atoms. The molecule has 0 bridgehead atoms. The van der Waals surface area contributed by atoms with Gasteiger partial charge in [-0.1, -0.05) is 37.3 Å². The van der Waals surface area contributed by atoms with Crippen LogP contribution in [0.25, 0.3) is 11.5 Å². The molecule has 0 unspecified atom stereocenters. The number of sulfonamides is 1. The fourth-order valence-electron chi connectivity index (χ4n) is 2.31. The fourth-order valence-corrected chi connectivity index (χ4v) is 3.35. The van der Waals surface area contributed by atoms with Gasteiger partial charge in [0, 0.05) is 18.5 Å². The molecule has 1 N–H and O–H groups in total. The Morgan fingerprint density at radius 2 is 1.72 bits per heavy atom. The van der Waals surface area contributed by atoms with Crippen molar-refractivity contribution in [1.82, 2.24) is 14.9 Å². The summed E-state index contributed by atoms with van der Waals surface area (Å²) in [5.74, 6) is 1.09. The minimum Gasteiger partial charge on any atom is -0.421 e. The Morgan fingerprint density at radius 3 is 2.40 bits per heavy atom. The molecule has 1 heterocycles. The van der Waals surface area contributed by atoms with E-state index in [4.69, 9.17) is 4.42 Å². The molecule has 0 amide bonds. The Morgan fingerprint density at radius 1 is 1.00 bits per heavy atom. The number of nitrogens with one attached hydrogen (secondary N) is 1. The van der Waals surface area contributed by atoms with Crippen LogP contribution in [0.4, 0.5) is 0 Å². The molecule has 2 aromatic carbocycles. The van der Waals surface area contributed by atoms with Crippen LogP contribution in [0.5, 0.6) is 0 Å². The Labute approximate surface area is 147 Å². The maximum atomic E-state index is 12.2. The van der Waals surface area contributed by atoms with Gasteiger partial charge in [0.1, 0.15) is 0 Å². The zero-order valence-electron chi connectivity index (χ0n) is 13.8. The molecule has 0 atom stereocenters. The van der Waals surface area contributed by atoms with Gasteiger partial charge in [-0.15, -0.1) is 10.2 Å². The number of benzene rings is 2. The van der Waals surface area contributed by atoms with Crippen molar-refractivity contribution in [3.05, 3.63) is 66.1 Å². The highest BCUT2D eigenvalue weighted by Crippen LogP contribution is 2.19. The van der Waals surface area contributed by atoms with E-state index < -0.39 is 10.0 Å². The van der Waals surface area contributed by atoms with E-state index in [2.05, 4.69) is 21.8 Å². The van der Waals surface area contributed by atoms with Gasteiger partial charge in [0.25, 0.3) is 0 Å². The molecule has 130 valence electrons. The van der Waals surface area contributed by atoms with E-state index in [9.17, 15) is 8.42 Å². The second-order valence-electron chi connectivity index (χ2n) is 5.59. The van der Waals surface area contributed by atoms with Crippen LogP contribution in [-0.2, 0) is 23.0 Å². The van der Waals surface area contributed by atoms with E-state index in [0.717, 1.165) is 24.0 Å². The van der Waals surface area contributed by atoms with Crippen molar-refractivity contribution in [2.24, 2.45) is 0 Å². The summed E-state index contributed by atoms with van der Waals surface area (Å²) in [6, 6.07) is 15.7. The molecule has 0 aliphatic carbocycles. The zero-order chi connectivity index (χ0) is 17.7. The predicted octanol–water partition coefficient (Wildman–Crippen LogP) is 3.17. The van der Waals surface area contributed by atoms with Gasteiger partial charge in [-0.2, -0.15) is 0 Å². The van der Waals surface area contributed by atoms with Crippen LogP contribution in [0.1, 0.15) is 24.8 Å². The molecule has 0 radical (unpaired) electrons. The number of rotatable bonds is 7. The molecule has 0 saturated carbocycles. The molecule has 0 fully saturated rings.